The molecule has 3 rings (SSSR count). The van der Waals surface area contributed by atoms with Crippen molar-refractivity contribution in [1.82, 2.24) is 9.97 Å². The lowest BCUT2D eigenvalue weighted by atomic mass is 10.1. The fourth-order valence-corrected chi connectivity index (χ4v) is 3.16. The predicted octanol–water partition coefficient (Wildman–Crippen LogP) is 4.13. The van der Waals surface area contributed by atoms with Crippen LogP contribution in [0.3, 0.4) is 0 Å². The van der Waals surface area contributed by atoms with E-state index in [1.54, 1.807) is 0 Å². The van der Waals surface area contributed by atoms with Crippen molar-refractivity contribution in [3.63, 3.8) is 0 Å². The van der Waals surface area contributed by atoms with Crippen LogP contribution in [0.1, 0.15) is 36.8 Å². The van der Waals surface area contributed by atoms with Crippen LogP contribution in [0.15, 0.2) is 24.5 Å². The quantitative estimate of drug-likeness (QED) is 0.665. The summed E-state index contributed by atoms with van der Waals surface area (Å²) in [5.74, 6) is 0.655. The Morgan fingerprint density at radius 2 is 1.84 bits per heavy atom. The molecular formula is C18H23N5O2. The SMILES string of the molecule is Cc1cccc(Nc2ncnc(N3CCCCCC3)c2[N+](=O)[O-])c1C. The first-order chi connectivity index (χ1) is 12.1. The number of nitro groups is 1. The van der Waals surface area contributed by atoms with Gasteiger partial charge in [0, 0.05) is 18.8 Å². The highest BCUT2D eigenvalue weighted by atomic mass is 16.6. The minimum absolute atomic E-state index is 0.0506. The molecule has 1 N–H and O–H groups in total. The molecule has 0 spiro atoms. The highest BCUT2D eigenvalue weighted by Crippen LogP contribution is 2.35. The molecule has 132 valence electrons. The minimum atomic E-state index is -0.381. The molecule has 1 aromatic heterocycles. The van der Waals surface area contributed by atoms with Gasteiger partial charge < -0.3 is 10.2 Å². The Hall–Kier alpha value is -2.70. The number of hydrogen-bond acceptors (Lipinski definition) is 6. The lowest BCUT2D eigenvalue weighted by Gasteiger charge is -2.21. The second kappa shape index (κ2) is 7.46. The molecule has 25 heavy (non-hydrogen) atoms. The topological polar surface area (TPSA) is 84.2 Å². The van der Waals surface area contributed by atoms with E-state index in [-0.39, 0.29) is 16.4 Å². The van der Waals surface area contributed by atoms with Crippen molar-refractivity contribution in [3.8, 4) is 0 Å². The zero-order chi connectivity index (χ0) is 17.8. The number of rotatable bonds is 4. The van der Waals surface area contributed by atoms with Crippen LogP contribution in [0.4, 0.5) is 23.0 Å². The van der Waals surface area contributed by atoms with Crippen LogP contribution in [0.2, 0.25) is 0 Å². The third kappa shape index (κ3) is 3.70. The maximum absolute atomic E-state index is 11.8. The van der Waals surface area contributed by atoms with Crippen molar-refractivity contribution >= 4 is 23.0 Å². The van der Waals surface area contributed by atoms with E-state index in [2.05, 4.69) is 15.3 Å². The summed E-state index contributed by atoms with van der Waals surface area (Å²) in [6.45, 7) is 5.58. The van der Waals surface area contributed by atoms with E-state index in [0.717, 1.165) is 55.6 Å². The highest BCUT2D eigenvalue weighted by Gasteiger charge is 2.27. The molecule has 1 aliphatic heterocycles. The van der Waals surface area contributed by atoms with Gasteiger partial charge in [0.25, 0.3) is 0 Å². The summed E-state index contributed by atoms with van der Waals surface area (Å²) in [5, 5.41) is 14.9. The average molecular weight is 341 g/mol. The summed E-state index contributed by atoms with van der Waals surface area (Å²) in [4.78, 5) is 21.8. The molecule has 0 saturated carbocycles. The monoisotopic (exact) mass is 341 g/mol. The second-order valence-corrected chi connectivity index (χ2v) is 6.43. The summed E-state index contributed by atoms with van der Waals surface area (Å²) in [6.07, 6.45) is 5.77. The van der Waals surface area contributed by atoms with Crippen molar-refractivity contribution in [1.29, 1.82) is 0 Å². The maximum Gasteiger partial charge on any atom is 0.353 e. The molecule has 0 atom stereocenters. The lowest BCUT2D eigenvalue weighted by molar-refractivity contribution is -0.383. The third-order valence-corrected chi connectivity index (χ3v) is 4.75. The fraction of sp³-hybridized carbons (Fsp3) is 0.444. The molecule has 0 unspecified atom stereocenters. The summed E-state index contributed by atoms with van der Waals surface area (Å²) in [7, 11) is 0. The lowest BCUT2D eigenvalue weighted by Crippen LogP contribution is -2.26. The largest absolute Gasteiger partial charge is 0.353 e. The molecule has 0 amide bonds. The van der Waals surface area contributed by atoms with E-state index in [0.29, 0.717) is 5.82 Å². The standard InChI is InChI=1S/C18H23N5O2/c1-13-8-7-9-15(14(13)2)21-17-16(23(24)25)18(20-12-19-17)22-10-5-3-4-6-11-22/h7-9,12H,3-6,10-11H2,1-2H3,(H,19,20,21). The highest BCUT2D eigenvalue weighted by molar-refractivity contribution is 5.75. The van der Waals surface area contributed by atoms with E-state index in [1.165, 1.54) is 6.33 Å². The molecule has 0 aliphatic carbocycles. The van der Waals surface area contributed by atoms with Crippen molar-refractivity contribution in [2.45, 2.75) is 39.5 Å². The Morgan fingerprint density at radius 1 is 1.12 bits per heavy atom. The molecule has 7 nitrogen and oxygen atoms in total. The van der Waals surface area contributed by atoms with Gasteiger partial charge in [-0.2, -0.15) is 0 Å². The number of anilines is 3. The van der Waals surface area contributed by atoms with E-state index in [4.69, 9.17) is 0 Å². The molecule has 1 saturated heterocycles. The minimum Gasteiger partial charge on any atom is -0.351 e. The van der Waals surface area contributed by atoms with Crippen LogP contribution in [-0.4, -0.2) is 28.0 Å². The molecule has 2 aromatic rings. The van der Waals surface area contributed by atoms with E-state index in [1.807, 2.05) is 36.9 Å². The Balaban J connectivity index is 2.00. The molecule has 0 radical (unpaired) electrons. The number of benzene rings is 1. The Labute approximate surface area is 147 Å². The maximum atomic E-state index is 11.8. The molecule has 1 aliphatic rings. The van der Waals surface area contributed by atoms with Crippen molar-refractivity contribution in [2.24, 2.45) is 0 Å². The van der Waals surface area contributed by atoms with Gasteiger partial charge in [0.2, 0.25) is 11.6 Å². The van der Waals surface area contributed by atoms with Crippen LogP contribution in [0.5, 0.6) is 0 Å². The van der Waals surface area contributed by atoms with Gasteiger partial charge in [0.05, 0.1) is 4.92 Å². The third-order valence-electron chi connectivity index (χ3n) is 4.75. The molecule has 0 bridgehead atoms. The van der Waals surface area contributed by atoms with E-state index in [9.17, 15) is 10.1 Å². The van der Waals surface area contributed by atoms with Gasteiger partial charge in [-0.15, -0.1) is 0 Å². The van der Waals surface area contributed by atoms with Gasteiger partial charge in [-0.1, -0.05) is 25.0 Å². The molecular weight excluding hydrogens is 318 g/mol. The van der Waals surface area contributed by atoms with Crippen LogP contribution in [0.25, 0.3) is 0 Å². The average Bonchev–Trinajstić information content (AvgIpc) is 2.88. The van der Waals surface area contributed by atoms with Gasteiger partial charge in [-0.3, -0.25) is 10.1 Å². The Morgan fingerprint density at radius 3 is 2.52 bits per heavy atom. The van der Waals surface area contributed by atoms with Crippen molar-refractivity contribution < 1.29 is 4.92 Å². The predicted molar refractivity (Wildman–Crippen MR) is 98.6 cm³/mol. The van der Waals surface area contributed by atoms with Gasteiger partial charge in [0.15, 0.2) is 0 Å². The summed E-state index contributed by atoms with van der Waals surface area (Å²) >= 11 is 0. The zero-order valence-electron chi connectivity index (χ0n) is 14.7. The first-order valence-electron chi connectivity index (χ1n) is 8.65. The summed E-state index contributed by atoms with van der Waals surface area (Å²) in [6, 6.07) is 5.84. The molecule has 1 aromatic carbocycles. The van der Waals surface area contributed by atoms with E-state index < -0.39 is 0 Å². The first kappa shape index (κ1) is 17.1. The first-order valence-corrected chi connectivity index (χ1v) is 8.65. The van der Waals surface area contributed by atoms with Crippen molar-refractivity contribution in [2.75, 3.05) is 23.3 Å². The van der Waals surface area contributed by atoms with Crippen LogP contribution >= 0.6 is 0 Å². The summed E-state index contributed by atoms with van der Waals surface area (Å²) < 4.78 is 0. The van der Waals surface area contributed by atoms with Crippen LogP contribution < -0.4 is 10.2 Å². The van der Waals surface area contributed by atoms with Gasteiger partial charge >= 0.3 is 5.69 Å². The normalized spacial score (nSPS) is 14.9. The van der Waals surface area contributed by atoms with Crippen LogP contribution in [-0.2, 0) is 0 Å². The molecule has 2 heterocycles. The van der Waals surface area contributed by atoms with Gasteiger partial charge in [-0.05, 0) is 43.9 Å². The number of nitrogens with zero attached hydrogens (tertiary/aromatic N) is 4. The number of hydrogen-bond donors (Lipinski definition) is 1. The Kier molecular flexibility index (Phi) is 5.11. The number of nitrogens with one attached hydrogen (secondary N) is 1. The van der Waals surface area contributed by atoms with Gasteiger partial charge in [-0.25, -0.2) is 9.97 Å². The summed E-state index contributed by atoms with van der Waals surface area (Å²) in [5.41, 5.74) is 2.94. The van der Waals surface area contributed by atoms with Crippen molar-refractivity contribution in [3.05, 3.63) is 45.8 Å². The molecule has 7 heteroatoms. The smallest absolute Gasteiger partial charge is 0.351 e. The second-order valence-electron chi connectivity index (χ2n) is 6.43. The zero-order valence-corrected chi connectivity index (χ0v) is 14.7. The fourth-order valence-electron chi connectivity index (χ4n) is 3.16. The van der Waals surface area contributed by atoms with Gasteiger partial charge in [0.1, 0.15) is 6.33 Å². The van der Waals surface area contributed by atoms with E-state index >= 15 is 0 Å². The Bertz CT molecular complexity index is 770. The number of aromatic nitrogens is 2. The number of aryl methyl sites for hydroxylation is 1. The molecule has 1 fully saturated rings. The van der Waals surface area contributed by atoms with Crippen LogP contribution in [0, 0.1) is 24.0 Å².